The topological polar surface area (TPSA) is 224 Å². The number of aryl methyl sites for hydroxylation is 2. The first-order chi connectivity index (χ1) is 14.5. The summed E-state index contributed by atoms with van der Waals surface area (Å²) in [5, 5.41) is 32.5. The highest BCUT2D eigenvalue weighted by Gasteiger charge is 2.29. The molecule has 6 N–H and O–H groups in total. The Morgan fingerprint density at radius 2 is 0.844 bits per heavy atom. The molecule has 2 atom stereocenters. The standard InChI is InChI=1S/2C7H8O3S.C4H6O6/c2*1-6-2-4-7(5-3-6)11(8,9)10;5-1(3(7)8)2(6)4(9)10/h2*2-5H,1H3,(H,8,9,10);1-2,5-6H,(H,7,8)(H,9,10). The predicted molar refractivity (Wildman–Crippen MR) is 109 cm³/mol. The summed E-state index contributed by atoms with van der Waals surface area (Å²) in [4.78, 5) is 19.4. The van der Waals surface area contributed by atoms with Crippen LogP contribution in [0.15, 0.2) is 58.3 Å². The number of carbonyl (C=O) groups is 2. The molecule has 0 spiro atoms. The number of hydrogen-bond acceptors (Lipinski definition) is 8. The van der Waals surface area contributed by atoms with Crippen LogP contribution in [0.4, 0.5) is 0 Å². The van der Waals surface area contributed by atoms with Gasteiger partial charge in [0.05, 0.1) is 9.79 Å². The van der Waals surface area contributed by atoms with Crippen molar-refractivity contribution in [3.05, 3.63) is 59.7 Å². The molecule has 178 valence electrons. The van der Waals surface area contributed by atoms with Gasteiger partial charge in [-0.05, 0) is 38.1 Å². The van der Waals surface area contributed by atoms with Crippen LogP contribution in [0.25, 0.3) is 0 Å². The number of aliphatic carboxylic acids is 2. The molecule has 0 radical (unpaired) electrons. The lowest BCUT2D eigenvalue weighted by atomic mass is 10.2. The zero-order valence-electron chi connectivity index (χ0n) is 16.7. The Morgan fingerprint density at radius 3 is 1.00 bits per heavy atom. The third-order valence-electron chi connectivity index (χ3n) is 3.44. The van der Waals surface area contributed by atoms with Crippen LogP contribution in [-0.4, -0.2) is 70.5 Å². The van der Waals surface area contributed by atoms with Gasteiger partial charge < -0.3 is 20.4 Å². The van der Waals surface area contributed by atoms with Gasteiger partial charge in [0, 0.05) is 0 Å². The van der Waals surface area contributed by atoms with Gasteiger partial charge >= 0.3 is 11.9 Å². The van der Waals surface area contributed by atoms with Crippen LogP contribution < -0.4 is 0 Å². The number of aliphatic hydroxyl groups excluding tert-OH is 2. The van der Waals surface area contributed by atoms with Crippen molar-refractivity contribution in [3.8, 4) is 0 Å². The largest absolute Gasteiger partial charge is 0.479 e. The van der Waals surface area contributed by atoms with Gasteiger partial charge in [0.1, 0.15) is 0 Å². The van der Waals surface area contributed by atoms with Gasteiger partial charge in [-0.25, -0.2) is 9.59 Å². The summed E-state index contributed by atoms with van der Waals surface area (Å²) in [6, 6.07) is 12.0. The van der Waals surface area contributed by atoms with E-state index in [9.17, 15) is 26.4 Å². The minimum Gasteiger partial charge on any atom is -0.479 e. The Labute approximate surface area is 183 Å². The lowest BCUT2D eigenvalue weighted by molar-refractivity contribution is -0.165. The van der Waals surface area contributed by atoms with E-state index < -0.39 is 44.4 Å². The van der Waals surface area contributed by atoms with Crippen molar-refractivity contribution in [2.24, 2.45) is 0 Å². The molecule has 12 nitrogen and oxygen atoms in total. The summed E-state index contributed by atoms with van der Waals surface area (Å²) in [5.74, 6) is -3.54. The van der Waals surface area contributed by atoms with Gasteiger partial charge in [0.25, 0.3) is 20.2 Å². The van der Waals surface area contributed by atoms with E-state index in [-0.39, 0.29) is 9.79 Å². The molecule has 0 aliphatic heterocycles. The summed E-state index contributed by atoms with van der Waals surface area (Å²) in [7, 11) is -8.04. The van der Waals surface area contributed by atoms with Crippen LogP contribution in [-0.2, 0) is 29.8 Å². The highest BCUT2D eigenvalue weighted by Crippen LogP contribution is 2.09. The summed E-state index contributed by atoms with van der Waals surface area (Å²) in [5.41, 5.74) is 1.91. The molecule has 14 heteroatoms. The first kappa shape index (κ1) is 29.1. The Kier molecular flexibility index (Phi) is 11.1. The van der Waals surface area contributed by atoms with Crippen molar-refractivity contribution >= 4 is 32.2 Å². The monoisotopic (exact) mass is 494 g/mol. The van der Waals surface area contributed by atoms with Gasteiger partial charge in [-0.3, -0.25) is 9.11 Å². The molecule has 0 amide bonds. The van der Waals surface area contributed by atoms with E-state index in [0.29, 0.717) is 0 Å². The molecule has 0 heterocycles. The summed E-state index contributed by atoms with van der Waals surface area (Å²) < 4.78 is 59.1. The second-order valence-electron chi connectivity index (χ2n) is 6.14. The predicted octanol–water partition coefficient (Wildman–Crippen LogP) is 0.361. The number of carboxylic acid groups (broad SMARTS) is 2. The molecule has 0 aromatic heterocycles. The van der Waals surface area contributed by atoms with Crippen molar-refractivity contribution in [2.75, 3.05) is 0 Å². The molecule has 2 aromatic carbocycles. The van der Waals surface area contributed by atoms with Gasteiger partial charge in [-0.2, -0.15) is 16.8 Å². The van der Waals surface area contributed by atoms with Crippen molar-refractivity contribution in [2.45, 2.75) is 35.8 Å². The molecular formula is C18H22O12S2. The van der Waals surface area contributed by atoms with Crippen LogP contribution in [0.5, 0.6) is 0 Å². The molecule has 32 heavy (non-hydrogen) atoms. The number of carboxylic acids is 2. The number of benzene rings is 2. The minimum absolute atomic E-state index is 0.0666. The SMILES string of the molecule is Cc1ccc(S(=O)(=O)O)cc1.Cc1ccc(S(=O)(=O)O)cc1.O=C(O)C(O)C(O)C(=O)O. The summed E-state index contributed by atoms with van der Waals surface area (Å²) in [6.45, 7) is 3.68. The smallest absolute Gasteiger partial charge is 0.335 e. The van der Waals surface area contributed by atoms with Crippen LogP contribution in [0, 0.1) is 13.8 Å². The lowest BCUT2D eigenvalue weighted by Crippen LogP contribution is -2.39. The fourth-order valence-electron chi connectivity index (χ4n) is 1.69. The van der Waals surface area contributed by atoms with E-state index in [0.717, 1.165) is 11.1 Å². The third-order valence-corrected chi connectivity index (χ3v) is 5.18. The van der Waals surface area contributed by atoms with E-state index in [1.54, 1.807) is 24.3 Å². The maximum Gasteiger partial charge on any atom is 0.335 e. The van der Waals surface area contributed by atoms with Crippen LogP contribution in [0.3, 0.4) is 0 Å². The van der Waals surface area contributed by atoms with Crippen LogP contribution >= 0.6 is 0 Å². The molecule has 0 aliphatic rings. The van der Waals surface area contributed by atoms with Crippen molar-refractivity contribution in [1.29, 1.82) is 0 Å². The van der Waals surface area contributed by atoms with Crippen LogP contribution in [0.2, 0.25) is 0 Å². The summed E-state index contributed by atoms with van der Waals surface area (Å²) >= 11 is 0. The zero-order chi connectivity index (χ0) is 25.3. The van der Waals surface area contributed by atoms with E-state index in [1.165, 1.54) is 24.3 Å². The molecule has 0 saturated heterocycles. The highest BCUT2D eigenvalue weighted by atomic mass is 32.2. The minimum atomic E-state index is -4.02. The number of aliphatic hydroxyl groups is 2. The first-order valence-corrected chi connectivity index (χ1v) is 11.2. The molecule has 2 aromatic rings. The van der Waals surface area contributed by atoms with E-state index in [1.807, 2.05) is 13.8 Å². The third kappa shape index (κ3) is 10.9. The average Bonchev–Trinajstić information content (AvgIpc) is 2.67. The maximum absolute atomic E-state index is 10.5. The lowest BCUT2D eigenvalue weighted by Gasteiger charge is -2.07. The van der Waals surface area contributed by atoms with E-state index >= 15 is 0 Å². The van der Waals surface area contributed by atoms with Crippen LogP contribution in [0.1, 0.15) is 11.1 Å². The second-order valence-corrected chi connectivity index (χ2v) is 8.99. The molecule has 2 rings (SSSR count). The van der Waals surface area contributed by atoms with Gasteiger partial charge in [-0.15, -0.1) is 0 Å². The molecule has 2 unspecified atom stereocenters. The fourth-order valence-corrected chi connectivity index (χ4v) is 2.65. The Balaban J connectivity index is 0.000000452. The van der Waals surface area contributed by atoms with E-state index in [2.05, 4.69) is 0 Å². The first-order valence-electron chi connectivity index (χ1n) is 8.37. The zero-order valence-corrected chi connectivity index (χ0v) is 18.4. The fraction of sp³-hybridized carbons (Fsp3) is 0.222. The molecule has 0 fully saturated rings. The normalized spacial score (nSPS) is 12.8. The highest BCUT2D eigenvalue weighted by molar-refractivity contribution is 7.86. The molecule has 0 bridgehead atoms. The Bertz CT molecular complexity index is 1010. The molecule has 0 aliphatic carbocycles. The summed E-state index contributed by atoms with van der Waals surface area (Å²) in [6.07, 6.45) is -4.53. The average molecular weight is 494 g/mol. The van der Waals surface area contributed by atoms with Crippen molar-refractivity contribution in [3.63, 3.8) is 0 Å². The van der Waals surface area contributed by atoms with Gasteiger partial charge in [0.2, 0.25) is 0 Å². The Morgan fingerprint density at radius 1 is 0.625 bits per heavy atom. The van der Waals surface area contributed by atoms with Crippen molar-refractivity contribution < 1.29 is 56.0 Å². The molecular weight excluding hydrogens is 472 g/mol. The Hall–Kier alpha value is -2.88. The van der Waals surface area contributed by atoms with E-state index in [4.69, 9.17) is 29.5 Å². The molecule has 0 saturated carbocycles. The second kappa shape index (κ2) is 12.2. The van der Waals surface area contributed by atoms with Gasteiger partial charge in [0.15, 0.2) is 12.2 Å². The maximum atomic E-state index is 10.5. The van der Waals surface area contributed by atoms with Crippen molar-refractivity contribution in [1.82, 2.24) is 0 Å². The quantitative estimate of drug-likeness (QED) is 0.310. The number of rotatable bonds is 5. The number of hydrogen-bond donors (Lipinski definition) is 6. The van der Waals surface area contributed by atoms with Gasteiger partial charge in [-0.1, -0.05) is 35.4 Å².